The molecule has 2 aliphatic heterocycles. The van der Waals surface area contributed by atoms with Gasteiger partial charge in [0.25, 0.3) is 5.91 Å². The van der Waals surface area contributed by atoms with E-state index in [4.69, 9.17) is 28.7 Å². The number of hydroxylamine groups is 1. The highest BCUT2D eigenvalue weighted by molar-refractivity contribution is 7.80. The SMILES string of the molecule is O=C1NOCC1NC(=S)c1ccc(C2=NCC(c3cc(Cl)cc(C(F)(F)F)c3)(C(F)(F)F)C2)nc1. The summed E-state index contributed by atoms with van der Waals surface area (Å²) in [6.07, 6.45) is -9.20. The van der Waals surface area contributed by atoms with Crippen LogP contribution < -0.4 is 10.8 Å². The van der Waals surface area contributed by atoms with Crippen molar-refractivity contribution < 1.29 is 36.0 Å². The zero-order chi connectivity index (χ0) is 25.6. The summed E-state index contributed by atoms with van der Waals surface area (Å²) in [6, 6.07) is 4.10. The third kappa shape index (κ3) is 4.98. The Morgan fingerprint density at radius 1 is 1.20 bits per heavy atom. The van der Waals surface area contributed by atoms with Gasteiger partial charge in [0.15, 0.2) is 0 Å². The molecule has 1 amide bonds. The van der Waals surface area contributed by atoms with Crippen molar-refractivity contribution in [3.63, 3.8) is 0 Å². The number of halogens is 7. The topological polar surface area (TPSA) is 75.6 Å². The van der Waals surface area contributed by atoms with Gasteiger partial charge in [0.1, 0.15) is 23.1 Å². The fraction of sp³-hybridized carbons (Fsp3) is 0.333. The van der Waals surface area contributed by atoms with Crippen molar-refractivity contribution in [1.29, 1.82) is 0 Å². The van der Waals surface area contributed by atoms with E-state index < -0.39 is 58.8 Å². The van der Waals surface area contributed by atoms with Crippen LogP contribution in [-0.4, -0.2) is 47.0 Å². The van der Waals surface area contributed by atoms with Gasteiger partial charge in [-0.1, -0.05) is 23.8 Å². The number of pyridine rings is 1. The van der Waals surface area contributed by atoms with Crippen molar-refractivity contribution in [2.45, 2.75) is 30.2 Å². The predicted molar refractivity (Wildman–Crippen MR) is 117 cm³/mol. The van der Waals surface area contributed by atoms with Crippen LogP contribution in [0.15, 0.2) is 41.5 Å². The number of alkyl halides is 6. The van der Waals surface area contributed by atoms with Crippen molar-refractivity contribution in [3.05, 3.63) is 63.9 Å². The maximum Gasteiger partial charge on any atom is 0.416 e. The average molecular weight is 537 g/mol. The van der Waals surface area contributed by atoms with E-state index in [2.05, 4.69) is 20.8 Å². The Bertz CT molecular complexity index is 1200. The molecule has 1 aromatic carbocycles. The summed E-state index contributed by atoms with van der Waals surface area (Å²) in [5, 5.41) is 2.32. The van der Waals surface area contributed by atoms with Crippen molar-refractivity contribution >= 4 is 40.4 Å². The molecule has 2 N–H and O–H groups in total. The first-order valence-corrected chi connectivity index (χ1v) is 10.8. The molecule has 3 heterocycles. The largest absolute Gasteiger partial charge is 0.416 e. The lowest BCUT2D eigenvalue weighted by molar-refractivity contribution is -0.184. The summed E-state index contributed by atoms with van der Waals surface area (Å²) < 4.78 is 82.5. The fourth-order valence-corrected chi connectivity index (χ4v) is 4.26. The number of nitrogens with zero attached hydrogens (tertiary/aromatic N) is 2. The molecule has 6 nitrogen and oxygen atoms in total. The maximum atomic E-state index is 14.3. The number of amides is 1. The summed E-state index contributed by atoms with van der Waals surface area (Å²) in [5.74, 6) is -0.407. The third-order valence-electron chi connectivity index (χ3n) is 5.70. The number of hydrogen-bond donors (Lipinski definition) is 2. The van der Waals surface area contributed by atoms with Gasteiger partial charge in [0.2, 0.25) is 0 Å². The number of rotatable bonds is 4. The summed E-state index contributed by atoms with van der Waals surface area (Å²) in [7, 11) is 0. The molecule has 2 unspecified atom stereocenters. The number of nitrogens with one attached hydrogen (secondary N) is 2. The molecule has 0 saturated carbocycles. The van der Waals surface area contributed by atoms with Crippen molar-refractivity contribution in [2.24, 2.45) is 4.99 Å². The molecule has 186 valence electrons. The van der Waals surface area contributed by atoms with E-state index in [9.17, 15) is 31.1 Å². The molecule has 4 rings (SSSR count). The summed E-state index contributed by atoms with van der Waals surface area (Å²) >= 11 is 11.0. The van der Waals surface area contributed by atoms with Gasteiger partial charge >= 0.3 is 12.4 Å². The molecule has 2 aromatic rings. The number of carbonyl (C=O) groups excluding carboxylic acids is 1. The number of hydrogen-bond acceptors (Lipinski definition) is 5. The standard InChI is InChI=1S/C21H15ClF6N4O2S/c22-13-4-11(3-12(5-13)20(23,24)25)19(21(26,27)28)6-15(30-9-19)14-2-1-10(7-29-14)18(35)31-16-8-34-32-17(16)33/h1-5,7,16H,6,8-9H2,(H,31,35)(H,32,33). The molecule has 0 spiro atoms. The van der Waals surface area contributed by atoms with Crippen LogP contribution in [0.3, 0.4) is 0 Å². The highest BCUT2D eigenvalue weighted by Gasteiger charge is 2.59. The van der Waals surface area contributed by atoms with Gasteiger partial charge in [0, 0.05) is 23.2 Å². The summed E-state index contributed by atoms with van der Waals surface area (Å²) in [6.45, 7) is -0.760. The monoisotopic (exact) mass is 536 g/mol. The lowest BCUT2D eigenvalue weighted by Crippen LogP contribution is -2.44. The van der Waals surface area contributed by atoms with Crippen molar-refractivity contribution in [3.8, 4) is 0 Å². The van der Waals surface area contributed by atoms with E-state index in [0.29, 0.717) is 17.7 Å². The van der Waals surface area contributed by atoms with Crippen LogP contribution in [0.2, 0.25) is 5.02 Å². The number of aromatic nitrogens is 1. The molecule has 0 radical (unpaired) electrons. The maximum absolute atomic E-state index is 14.3. The van der Waals surface area contributed by atoms with Crippen LogP contribution in [0.4, 0.5) is 26.3 Å². The normalized spacial score (nSPS) is 22.7. The van der Waals surface area contributed by atoms with Crippen LogP contribution in [-0.2, 0) is 21.2 Å². The Hall–Kier alpha value is -2.77. The molecule has 0 aliphatic carbocycles. The van der Waals surface area contributed by atoms with Crippen LogP contribution >= 0.6 is 23.8 Å². The van der Waals surface area contributed by atoms with E-state index in [0.717, 1.165) is 6.07 Å². The summed E-state index contributed by atoms with van der Waals surface area (Å²) in [4.78, 5) is 24.7. The molecule has 1 saturated heterocycles. The van der Waals surface area contributed by atoms with Crippen molar-refractivity contribution in [2.75, 3.05) is 13.2 Å². The minimum absolute atomic E-state index is 0.0233. The minimum Gasteiger partial charge on any atom is -0.362 e. The first-order chi connectivity index (χ1) is 16.3. The van der Waals surface area contributed by atoms with E-state index in [1.54, 1.807) is 0 Å². The van der Waals surface area contributed by atoms with E-state index >= 15 is 0 Å². The zero-order valence-electron chi connectivity index (χ0n) is 17.4. The first-order valence-electron chi connectivity index (χ1n) is 9.97. The van der Waals surface area contributed by atoms with Gasteiger partial charge in [0.05, 0.1) is 23.5 Å². The van der Waals surface area contributed by atoms with Gasteiger partial charge < -0.3 is 5.32 Å². The number of carbonyl (C=O) groups is 1. The molecule has 0 bridgehead atoms. The lowest BCUT2D eigenvalue weighted by atomic mass is 9.76. The van der Waals surface area contributed by atoms with Crippen LogP contribution in [0.1, 0.15) is 28.8 Å². The number of benzene rings is 1. The Morgan fingerprint density at radius 2 is 1.94 bits per heavy atom. The zero-order valence-corrected chi connectivity index (χ0v) is 19.0. The molecule has 1 aromatic heterocycles. The first kappa shape index (κ1) is 25.3. The second-order valence-corrected chi connectivity index (χ2v) is 8.83. The number of aliphatic imine (C=N–C) groups is 1. The smallest absolute Gasteiger partial charge is 0.362 e. The predicted octanol–water partition coefficient (Wildman–Crippen LogP) is 4.14. The Balaban J connectivity index is 1.58. The van der Waals surface area contributed by atoms with Gasteiger partial charge in [-0.15, -0.1) is 0 Å². The van der Waals surface area contributed by atoms with Gasteiger partial charge in [-0.25, -0.2) is 5.48 Å². The lowest BCUT2D eigenvalue weighted by Gasteiger charge is -2.32. The Morgan fingerprint density at radius 3 is 2.51 bits per heavy atom. The third-order valence-corrected chi connectivity index (χ3v) is 6.27. The molecule has 35 heavy (non-hydrogen) atoms. The van der Waals surface area contributed by atoms with Gasteiger partial charge in [-0.3, -0.25) is 19.6 Å². The van der Waals surface area contributed by atoms with Crippen LogP contribution in [0, 0.1) is 0 Å². The van der Waals surface area contributed by atoms with Crippen LogP contribution in [0.25, 0.3) is 0 Å². The van der Waals surface area contributed by atoms with Crippen LogP contribution in [0.5, 0.6) is 0 Å². The molecular formula is C21H15ClF6N4O2S. The quantitative estimate of drug-likeness (QED) is 0.454. The Kier molecular flexibility index (Phi) is 6.53. The molecule has 1 fully saturated rings. The van der Waals surface area contributed by atoms with Gasteiger partial charge in [-0.05, 0) is 35.9 Å². The van der Waals surface area contributed by atoms with Gasteiger partial charge in [-0.2, -0.15) is 26.3 Å². The van der Waals surface area contributed by atoms with E-state index in [1.165, 1.54) is 18.3 Å². The fourth-order valence-electron chi connectivity index (χ4n) is 3.77. The van der Waals surface area contributed by atoms with E-state index in [-0.39, 0.29) is 23.0 Å². The molecule has 2 aliphatic rings. The second-order valence-electron chi connectivity index (χ2n) is 7.98. The average Bonchev–Trinajstić information content (AvgIpc) is 3.40. The van der Waals surface area contributed by atoms with Crippen molar-refractivity contribution in [1.82, 2.24) is 15.8 Å². The van der Waals surface area contributed by atoms with E-state index in [1.807, 2.05) is 0 Å². The highest BCUT2D eigenvalue weighted by Crippen LogP contribution is 2.49. The second kappa shape index (κ2) is 9.03. The molecular weight excluding hydrogens is 522 g/mol. The molecule has 2 atom stereocenters. The highest BCUT2D eigenvalue weighted by atomic mass is 35.5. The summed E-state index contributed by atoms with van der Waals surface area (Å²) in [5.41, 5.74) is -1.94. The minimum atomic E-state index is -4.92. The Labute approximate surface area is 204 Å². The number of thiocarbonyl (C=S) groups is 1. The molecule has 14 heteroatoms.